The van der Waals surface area contributed by atoms with Crippen molar-refractivity contribution in [1.82, 2.24) is 4.90 Å². The Hall–Kier alpha value is -1.06. The number of aryl methyl sites for hydroxylation is 1. The van der Waals surface area contributed by atoms with Gasteiger partial charge < -0.3 is 9.84 Å². The van der Waals surface area contributed by atoms with Crippen LogP contribution in [0.1, 0.15) is 49.8 Å². The standard InChI is InChI=1S/C18H27NO2/c1-3-13-5-4-10-19(12-13)17-9-6-14-11-15(21-2)7-8-16(14)18(17)20/h7-8,11,13,17-18,20H,3-6,9-10,12H2,1-2H3. The van der Waals surface area contributed by atoms with Gasteiger partial charge in [0.05, 0.1) is 13.2 Å². The van der Waals surface area contributed by atoms with Crippen LogP contribution in [0.15, 0.2) is 18.2 Å². The van der Waals surface area contributed by atoms with Crippen LogP contribution >= 0.6 is 0 Å². The molecule has 1 fully saturated rings. The molecule has 0 radical (unpaired) electrons. The number of aliphatic hydroxyl groups excluding tert-OH is 1. The molecule has 1 heterocycles. The number of aliphatic hydroxyl groups is 1. The number of benzene rings is 1. The van der Waals surface area contributed by atoms with Gasteiger partial charge in [-0.3, -0.25) is 4.90 Å². The van der Waals surface area contributed by atoms with Crippen LogP contribution in [0.3, 0.4) is 0 Å². The van der Waals surface area contributed by atoms with Crippen molar-refractivity contribution in [2.75, 3.05) is 20.2 Å². The van der Waals surface area contributed by atoms with Crippen molar-refractivity contribution < 1.29 is 9.84 Å². The molecule has 0 saturated carbocycles. The Kier molecular flexibility index (Phi) is 4.51. The van der Waals surface area contributed by atoms with Gasteiger partial charge >= 0.3 is 0 Å². The summed E-state index contributed by atoms with van der Waals surface area (Å²) in [6, 6.07) is 6.39. The first-order chi connectivity index (χ1) is 10.2. The largest absolute Gasteiger partial charge is 0.497 e. The normalized spacial score (nSPS) is 30.0. The number of ether oxygens (including phenoxy) is 1. The van der Waals surface area contributed by atoms with Gasteiger partial charge in [-0.15, -0.1) is 0 Å². The first kappa shape index (κ1) is 14.9. The zero-order valence-electron chi connectivity index (χ0n) is 13.2. The molecule has 0 bridgehead atoms. The van der Waals surface area contributed by atoms with E-state index < -0.39 is 0 Å². The molecule has 3 nitrogen and oxygen atoms in total. The molecule has 1 aliphatic heterocycles. The van der Waals surface area contributed by atoms with Gasteiger partial charge in [0, 0.05) is 12.6 Å². The number of hydrogen-bond acceptors (Lipinski definition) is 3. The van der Waals surface area contributed by atoms with E-state index in [1.807, 2.05) is 12.1 Å². The zero-order valence-corrected chi connectivity index (χ0v) is 13.2. The second kappa shape index (κ2) is 6.37. The Morgan fingerprint density at radius 3 is 2.95 bits per heavy atom. The summed E-state index contributed by atoms with van der Waals surface area (Å²) in [5.74, 6) is 1.70. The molecule has 3 atom stereocenters. The third-order valence-electron chi connectivity index (χ3n) is 5.34. The summed E-state index contributed by atoms with van der Waals surface area (Å²) in [6.45, 7) is 4.58. The number of piperidine rings is 1. The molecule has 0 aromatic heterocycles. The molecule has 3 unspecified atom stereocenters. The molecule has 0 amide bonds. The lowest BCUT2D eigenvalue weighted by molar-refractivity contribution is 0.0128. The number of hydrogen-bond donors (Lipinski definition) is 1. The molecular formula is C18H27NO2. The first-order valence-electron chi connectivity index (χ1n) is 8.31. The van der Waals surface area contributed by atoms with Crippen molar-refractivity contribution >= 4 is 0 Å². The van der Waals surface area contributed by atoms with Crippen LogP contribution in [0.2, 0.25) is 0 Å². The minimum absolute atomic E-state index is 0.292. The summed E-state index contributed by atoms with van der Waals surface area (Å²) in [5, 5.41) is 10.8. The van der Waals surface area contributed by atoms with Crippen LogP contribution in [0, 0.1) is 5.92 Å². The molecule has 1 N–H and O–H groups in total. The van der Waals surface area contributed by atoms with Crippen molar-refractivity contribution in [1.29, 1.82) is 0 Å². The highest BCUT2D eigenvalue weighted by Crippen LogP contribution is 2.36. The molecule has 1 aromatic carbocycles. The van der Waals surface area contributed by atoms with Crippen LogP contribution in [0.5, 0.6) is 5.75 Å². The maximum absolute atomic E-state index is 10.8. The monoisotopic (exact) mass is 289 g/mol. The fourth-order valence-corrected chi connectivity index (χ4v) is 4.00. The summed E-state index contributed by atoms with van der Waals surface area (Å²) in [6.07, 6.45) is 5.63. The van der Waals surface area contributed by atoms with E-state index in [9.17, 15) is 5.11 Å². The van der Waals surface area contributed by atoms with Gasteiger partial charge in [-0.2, -0.15) is 0 Å². The Morgan fingerprint density at radius 1 is 1.33 bits per heavy atom. The molecule has 1 aromatic rings. The molecular weight excluding hydrogens is 262 g/mol. The van der Waals surface area contributed by atoms with Crippen molar-refractivity contribution in [3.8, 4) is 5.75 Å². The van der Waals surface area contributed by atoms with E-state index in [4.69, 9.17) is 4.74 Å². The van der Waals surface area contributed by atoms with E-state index in [-0.39, 0.29) is 6.10 Å². The predicted molar refractivity (Wildman–Crippen MR) is 84.7 cm³/mol. The number of methoxy groups -OCH3 is 1. The van der Waals surface area contributed by atoms with Crippen LogP contribution < -0.4 is 4.74 Å². The Morgan fingerprint density at radius 2 is 2.19 bits per heavy atom. The Labute approximate surface area is 127 Å². The summed E-state index contributed by atoms with van der Waals surface area (Å²) < 4.78 is 5.30. The Balaban J connectivity index is 1.77. The summed E-state index contributed by atoms with van der Waals surface area (Å²) >= 11 is 0. The van der Waals surface area contributed by atoms with E-state index in [1.54, 1.807) is 7.11 Å². The van der Waals surface area contributed by atoms with Crippen LogP contribution in [-0.4, -0.2) is 36.2 Å². The number of nitrogens with zero attached hydrogens (tertiary/aromatic N) is 1. The van der Waals surface area contributed by atoms with Crippen molar-refractivity contribution in [3.63, 3.8) is 0 Å². The fraction of sp³-hybridized carbons (Fsp3) is 0.667. The summed E-state index contributed by atoms with van der Waals surface area (Å²) in [5.41, 5.74) is 2.35. The van der Waals surface area contributed by atoms with Gasteiger partial charge in [-0.25, -0.2) is 0 Å². The Bertz CT molecular complexity index is 488. The SMILES string of the molecule is CCC1CCCN(C2CCc3cc(OC)ccc3C2O)C1. The second-order valence-electron chi connectivity index (χ2n) is 6.53. The maximum atomic E-state index is 10.8. The lowest BCUT2D eigenvalue weighted by Crippen LogP contribution is -2.47. The highest BCUT2D eigenvalue weighted by atomic mass is 16.5. The molecule has 2 aliphatic rings. The number of likely N-dealkylation sites (tertiary alicyclic amines) is 1. The molecule has 3 heteroatoms. The smallest absolute Gasteiger partial charge is 0.119 e. The molecule has 3 rings (SSSR count). The third kappa shape index (κ3) is 2.95. The lowest BCUT2D eigenvalue weighted by atomic mass is 9.83. The van der Waals surface area contributed by atoms with Crippen LogP contribution in [-0.2, 0) is 6.42 Å². The molecule has 1 aliphatic carbocycles. The van der Waals surface area contributed by atoms with Gasteiger partial charge in [-0.1, -0.05) is 19.4 Å². The van der Waals surface area contributed by atoms with Crippen LogP contribution in [0.25, 0.3) is 0 Å². The van der Waals surface area contributed by atoms with Gasteiger partial charge in [0.15, 0.2) is 0 Å². The number of fused-ring (bicyclic) bond motifs is 1. The first-order valence-corrected chi connectivity index (χ1v) is 8.31. The molecule has 21 heavy (non-hydrogen) atoms. The second-order valence-corrected chi connectivity index (χ2v) is 6.53. The summed E-state index contributed by atoms with van der Waals surface area (Å²) in [7, 11) is 1.70. The fourth-order valence-electron chi connectivity index (χ4n) is 4.00. The highest BCUT2D eigenvalue weighted by Gasteiger charge is 2.34. The van der Waals surface area contributed by atoms with Gasteiger partial charge in [0.1, 0.15) is 5.75 Å². The van der Waals surface area contributed by atoms with Crippen molar-refractivity contribution in [3.05, 3.63) is 29.3 Å². The predicted octanol–water partition coefficient (Wildman–Crippen LogP) is 3.17. The van der Waals surface area contributed by atoms with E-state index in [0.717, 1.165) is 43.2 Å². The zero-order chi connectivity index (χ0) is 14.8. The van der Waals surface area contributed by atoms with Gasteiger partial charge in [0.2, 0.25) is 0 Å². The maximum Gasteiger partial charge on any atom is 0.119 e. The van der Waals surface area contributed by atoms with Gasteiger partial charge in [-0.05, 0) is 61.4 Å². The van der Waals surface area contributed by atoms with Crippen molar-refractivity contribution in [2.45, 2.75) is 51.2 Å². The topological polar surface area (TPSA) is 32.7 Å². The van der Waals surface area contributed by atoms with E-state index in [2.05, 4.69) is 17.9 Å². The quantitative estimate of drug-likeness (QED) is 0.927. The average Bonchev–Trinajstić information content (AvgIpc) is 2.55. The highest BCUT2D eigenvalue weighted by molar-refractivity contribution is 5.39. The molecule has 0 spiro atoms. The minimum atomic E-state index is -0.352. The van der Waals surface area contributed by atoms with E-state index >= 15 is 0 Å². The van der Waals surface area contributed by atoms with Gasteiger partial charge in [0.25, 0.3) is 0 Å². The molecule has 116 valence electrons. The summed E-state index contributed by atoms with van der Waals surface area (Å²) in [4.78, 5) is 2.54. The van der Waals surface area contributed by atoms with Crippen LogP contribution in [0.4, 0.5) is 0 Å². The molecule has 1 saturated heterocycles. The van der Waals surface area contributed by atoms with Crippen molar-refractivity contribution in [2.24, 2.45) is 5.92 Å². The average molecular weight is 289 g/mol. The van der Waals surface area contributed by atoms with E-state index in [0.29, 0.717) is 6.04 Å². The van der Waals surface area contributed by atoms with E-state index in [1.165, 1.54) is 24.8 Å². The lowest BCUT2D eigenvalue weighted by Gasteiger charge is -2.42. The third-order valence-corrected chi connectivity index (χ3v) is 5.34. The minimum Gasteiger partial charge on any atom is -0.497 e. The number of rotatable bonds is 3.